The van der Waals surface area contributed by atoms with Crippen molar-refractivity contribution in [1.29, 1.82) is 0 Å². The molecule has 0 bridgehead atoms. The average Bonchev–Trinajstić information content (AvgIpc) is 2.44. The van der Waals surface area contributed by atoms with E-state index in [4.69, 9.17) is 10.8 Å². The minimum absolute atomic E-state index is 0.252. The van der Waals surface area contributed by atoms with E-state index in [-0.39, 0.29) is 18.2 Å². The van der Waals surface area contributed by atoms with Gasteiger partial charge in [-0.1, -0.05) is 0 Å². The number of carboxylic acids is 1. The molecular weight excluding hydrogens is 258 g/mol. The first kappa shape index (κ1) is 14.8. The van der Waals surface area contributed by atoms with Gasteiger partial charge in [-0.3, -0.25) is 14.5 Å². The fourth-order valence-electron chi connectivity index (χ4n) is 1.46. The molecule has 0 radical (unpaired) electrons. The van der Waals surface area contributed by atoms with Gasteiger partial charge in [0.1, 0.15) is 11.6 Å². The van der Waals surface area contributed by atoms with Crippen molar-refractivity contribution in [3.63, 3.8) is 0 Å². The summed E-state index contributed by atoms with van der Waals surface area (Å²) in [7, 11) is 0. The first-order valence-electron chi connectivity index (χ1n) is 5.46. The number of hydrogen-bond acceptors (Lipinski definition) is 5. The summed E-state index contributed by atoms with van der Waals surface area (Å²) in [5, 5.41) is 11.1. The third kappa shape index (κ3) is 3.36. The van der Waals surface area contributed by atoms with Crippen LogP contribution in [0.5, 0.6) is 0 Å². The number of nitrogens with one attached hydrogen (secondary N) is 1. The number of urea groups is 1. The van der Waals surface area contributed by atoms with Gasteiger partial charge in [-0.25, -0.2) is 4.79 Å². The molecule has 1 atom stereocenters. The molecule has 7 nitrogen and oxygen atoms in total. The van der Waals surface area contributed by atoms with Gasteiger partial charge in [-0.15, -0.1) is 0 Å². The van der Waals surface area contributed by atoms with Gasteiger partial charge in [0.05, 0.1) is 0 Å². The first-order valence-corrected chi connectivity index (χ1v) is 6.61. The molecule has 1 rings (SSSR count). The largest absolute Gasteiger partial charge is 0.480 e. The Hall–Kier alpha value is -1.28. The van der Waals surface area contributed by atoms with Crippen molar-refractivity contribution >= 4 is 29.7 Å². The van der Waals surface area contributed by atoms with E-state index in [1.54, 1.807) is 13.8 Å². The van der Waals surface area contributed by atoms with Gasteiger partial charge in [0.25, 0.3) is 5.91 Å². The fourth-order valence-corrected chi connectivity index (χ4v) is 2.33. The lowest BCUT2D eigenvalue weighted by atomic mass is 10.1. The van der Waals surface area contributed by atoms with Crippen LogP contribution in [0.1, 0.15) is 13.8 Å². The zero-order valence-corrected chi connectivity index (χ0v) is 11.1. The number of imide groups is 1. The highest BCUT2D eigenvalue weighted by Gasteiger charge is 2.43. The Labute approximate surface area is 109 Å². The minimum atomic E-state index is -1.06. The Morgan fingerprint density at radius 2 is 2.17 bits per heavy atom. The summed E-state index contributed by atoms with van der Waals surface area (Å²) in [6.45, 7) is 3.53. The van der Waals surface area contributed by atoms with Crippen molar-refractivity contribution in [2.24, 2.45) is 5.73 Å². The second-order valence-electron chi connectivity index (χ2n) is 4.53. The molecule has 1 aliphatic heterocycles. The summed E-state index contributed by atoms with van der Waals surface area (Å²) in [5.41, 5.74) is 4.47. The number of nitrogens with zero attached hydrogens (tertiary/aromatic N) is 1. The van der Waals surface area contributed by atoms with Crippen molar-refractivity contribution < 1.29 is 19.5 Å². The van der Waals surface area contributed by atoms with E-state index in [0.29, 0.717) is 5.75 Å². The second-order valence-corrected chi connectivity index (χ2v) is 5.68. The van der Waals surface area contributed by atoms with E-state index in [1.807, 2.05) is 0 Å². The Bertz CT molecular complexity index is 372. The van der Waals surface area contributed by atoms with E-state index in [9.17, 15) is 14.4 Å². The third-order valence-electron chi connectivity index (χ3n) is 2.52. The van der Waals surface area contributed by atoms with Crippen molar-refractivity contribution in [3.8, 4) is 0 Å². The van der Waals surface area contributed by atoms with Gasteiger partial charge < -0.3 is 16.2 Å². The quantitative estimate of drug-likeness (QED) is 0.443. The molecule has 18 heavy (non-hydrogen) atoms. The minimum Gasteiger partial charge on any atom is -0.480 e. The van der Waals surface area contributed by atoms with Crippen LogP contribution in [0.15, 0.2) is 0 Å². The van der Waals surface area contributed by atoms with Crippen LogP contribution >= 0.6 is 11.8 Å². The lowest BCUT2D eigenvalue weighted by molar-refractivity contribution is -0.138. The molecule has 3 amide bonds. The molecule has 0 aliphatic carbocycles. The summed E-state index contributed by atoms with van der Waals surface area (Å²) in [6.07, 6.45) is 0. The lowest BCUT2D eigenvalue weighted by Crippen LogP contribution is -2.40. The molecule has 1 heterocycles. The van der Waals surface area contributed by atoms with Crippen LogP contribution in [0.3, 0.4) is 0 Å². The number of nitrogens with two attached hydrogens (primary N) is 1. The maximum atomic E-state index is 11.8. The zero-order chi connectivity index (χ0) is 13.9. The third-order valence-corrected chi connectivity index (χ3v) is 3.58. The summed E-state index contributed by atoms with van der Waals surface area (Å²) in [6, 6.07) is -1.33. The molecule has 0 aromatic heterocycles. The van der Waals surface area contributed by atoms with Crippen LogP contribution in [0.2, 0.25) is 0 Å². The number of hydrogen-bond donors (Lipinski definition) is 3. The molecule has 102 valence electrons. The summed E-state index contributed by atoms with van der Waals surface area (Å²) >= 11 is 1.30. The van der Waals surface area contributed by atoms with Crippen LogP contribution in [-0.4, -0.2) is 57.5 Å². The monoisotopic (exact) mass is 275 g/mol. The van der Waals surface area contributed by atoms with E-state index in [1.165, 1.54) is 11.8 Å². The smallest absolute Gasteiger partial charge is 0.325 e. The predicted molar refractivity (Wildman–Crippen MR) is 67.3 cm³/mol. The highest BCUT2D eigenvalue weighted by atomic mass is 32.2. The number of amides is 3. The molecule has 8 heteroatoms. The second kappa shape index (κ2) is 5.57. The highest BCUT2D eigenvalue weighted by Crippen LogP contribution is 2.17. The molecule has 4 N–H and O–H groups in total. The van der Waals surface area contributed by atoms with E-state index in [2.05, 4.69) is 5.32 Å². The molecule has 1 fully saturated rings. The molecular formula is C10H17N3O4S. The van der Waals surface area contributed by atoms with Gasteiger partial charge in [0.2, 0.25) is 0 Å². The van der Waals surface area contributed by atoms with Crippen LogP contribution in [-0.2, 0) is 9.59 Å². The standard InChI is InChI=1S/C10H17N3O4S/c1-10(2)8(16)13(9(17)12-10)3-4-18-5-6(11)7(14)15/h6H,3-5,11H2,1-2H3,(H,12,17)(H,14,15)/t6-/m1/s1. The fraction of sp³-hybridized carbons (Fsp3) is 0.700. The predicted octanol–water partition coefficient (Wildman–Crippen LogP) is -0.538. The summed E-state index contributed by atoms with van der Waals surface area (Å²) in [4.78, 5) is 34.9. The molecule has 0 aromatic carbocycles. The van der Waals surface area contributed by atoms with Crippen molar-refractivity contribution in [3.05, 3.63) is 0 Å². The van der Waals surface area contributed by atoms with Gasteiger partial charge in [-0.05, 0) is 13.8 Å². The molecule has 1 saturated heterocycles. The Kier molecular flexibility index (Phi) is 4.58. The lowest BCUT2D eigenvalue weighted by Gasteiger charge is -2.15. The van der Waals surface area contributed by atoms with E-state index >= 15 is 0 Å². The number of thioether (sulfide) groups is 1. The van der Waals surface area contributed by atoms with Crippen molar-refractivity contribution in [1.82, 2.24) is 10.2 Å². The Morgan fingerprint density at radius 3 is 2.61 bits per heavy atom. The molecule has 1 aliphatic rings. The SMILES string of the molecule is CC1(C)NC(=O)N(CCSC[C@@H](N)C(=O)O)C1=O. The molecule has 0 aromatic rings. The van der Waals surface area contributed by atoms with Crippen LogP contribution in [0.25, 0.3) is 0 Å². The number of aliphatic carboxylic acids is 1. The van der Waals surface area contributed by atoms with E-state index in [0.717, 1.165) is 4.90 Å². The van der Waals surface area contributed by atoms with Crippen molar-refractivity contribution in [2.75, 3.05) is 18.1 Å². The van der Waals surface area contributed by atoms with Gasteiger partial charge in [0, 0.05) is 18.1 Å². The average molecular weight is 275 g/mol. The van der Waals surface area contributed by atoms with Crippen molar-refractivity contribution in [2.45, 2.75) is 25.4 Å². The summed E-state index contributed by atoms with van der Waals surface area (Å²) < 4.78 is 0. The number of carbonyl (C=O) groups is 3. The molecule has 0 unspecified atom stereocenters. The number of carbonyl (C=O) groups excluding carboxylic acids is 2. The van der Waals surface area contributed by atoms with Gasteiger partial charge in [0.15, 0.2) is 0 Å². The highest BCUT2D eigenvalue weighted by molar-refractivity contribution is 7.99. The molecule has 0 spiro atoms. The van der Waals surface area contributed by atoms with Crippen LogP contribution in [0.4, 0.5) is 4.79 Å². The van der Waals surface area contributed by atoms with E-state index < -0.39 is 23.6 Å². The maximum absolute atomic E-state index is 11.8. The van der Waals surface area contributed by atoms with Crippen LogP contribution < -0.4 is 11.1 Å². The zero-order valence-electron chi connectivity index (χ0n) is 10.3. The summed E-state index contributed by atoms with van der Waals surface area (Å²) in [5.74, 6) is -0.604. The van der Waals surface area contributed by atoms with Gasteiger partial charge >= 0.3 is 12.0 Å². The number of carboxylic acid groups (broad SMARTS) is 1. The number of rotatable bonds is 6. The first-order chi connectivity index (χ1) is 8.25. The molecule has 0 saturated carbocycles. The van der Waals surface area contributed by atoms with Crippen LogP contribution in [0, 0.1) is 0 Å². The topological polar surface area (TPSA) is 113 Å². The maximum Gasteiger partial charge on any atom is 0.325 e. The Morgan fingerprint density at radius 1 is 1.56 bits per heavy atom. The normalized spacial score (nSPS) is 19.8. The Balaban J connectivity index is 2.34. The van der Waals surface area contributed by atoms with Gasteiger partial charge in [-0.2, -0.15) is 11.8 Å².